The lowest BCUT2D eigenvalue weighted by Gasteiger charge is -2.10. The number of nitrogens with one attached hydrogen (secondary N) is 1. The maximum Gasteiger partial charge on any atom is 0.354 e. The van der Waals surface area contributed by atoms with Crippen molar-refractivity contribution in [1.29, 1.82) is 0 Å². The number of anilines is 1. The van der Waals surface area contributed by atoms with Gasteiger partial charge in [-0.05, 0) is 30.7 Å². The van der Waals surface area contributed by atoms with Gasteiger partial charge in [0.1, 0.15) is 0 Å². The van der Waals surface area contributed by atoms with E-state index in [4.69, 9.17) is 16.7 Å². The third-order valence-electron chi connectivity index (χ3n) is 2.70. The maximum atomic E-state index is 11.2. The number of aryl methyl sites for hydroxylation is 1. The van der Waals surface area contributed by atoms with Crippen LogP contribution in [0.15, 0.2) is 18.2 Å². The molecule has 0 unspecified atom stereocenters. The van der Waals surface area contributed by atoms with Crippen LogP contribution in [0.5, 0.6) is 0 Å². The van der Waals surface area contributed by atoms with E-state index in [1.54, 1.807) is 19.1 Å². The predicted molar refractivity (Wildman–Crippen MR) is 72.8 cm³/mol. The molecule has 2 N–H and O–H groups in total. The third kappa shape index (κ3) is 2.51. The van der Waals surface area contributed by atoms with Crippen LogP contribution in [-0.2, 0) is 4.79 Å². The zero-order valence-corrected chi connectivity index (χ0v) is 11.1. The van der Waals surface area contributed by atoms with Gasteiger partial charge in [0, 0.05) is 17.3 Å². The smallest absolute Gasteiger partial charge is 0.354 e. The minimum absolute atomic E-state index is 0.137. The van der Waals surface area contributed by atoms with Crippen LogP contribution in [-0.4, -0.2) is 22.0 Å². The molecule has 0 aliphatic carbocycles. The van der Waals surface area contributed by atoms with Crippen molar-refractivity contribution < 1.29 is 14.7 Å². The summed E-state index contributed by atoms with van der Waals surface area (Å²) in [5.74, 6) is -1.44. The second-order valence-electron chi connectivity index (χ2n) is 4.11. The molecule has 2 rings (SSSR count). The highest BCUT2D eigenvalue weighted by Gasteiger charge is 2.14. The van der Waals surface area contributed by atoms with Gasteiger partial charge in [0.05, 0.1) is 11.2 Å². The Labute approximate surface area is 114 Å². The van der Waals surface area contributed by atoms with Crippen molar-refractivity contribution in [3.8, 4) is 0 Å². The zero-order chi connectivity index (χ0) is 14.2. The first-order valence-corrected chi connectivity index (χ1v) is 5.88. The number of halogens is 1. The van der Waals surface area contributed by atoms with Crippen molar-refractivity contribution in [1.82, 2.24) is 4.98 Å². The first kappa shape index (κ1) is 13.3. The van der Waals surface area contributed by atoms with Crippen LogP contribution >= 0.6 is 11.6 Å². The number of pyridine rings is 1. The summed E-state index contributed by atoms with van der Waals surface area (Å²) in [7, 11) is 0. The van der Waals surface area contributed by atoms with E-state index in [-0.39, 0.29) is 11.6 Å². The molecule has 0 bridgehead atoms. The number of aromatic nitrogens is 1. The minimum atomic E-state index is -1.16. The average molecular weight is 279 g/mol. The summed E-state index contributed by atoms with van der Waals surface area (Å²) in [6, 6.07) is 4.72. The summed E-state index contributed by atoms with van der Waals surface area (Å²) in [6.45, 7) is 3.11. The number of carboxylic acid groups (broad SMARTS) is 1. The Balaban J connectivity index is 2.81. The molecule has 1 amide bonds. The van der Waals surface area contributed by atoms with E-state index in [1.807, 2.05) is 0 Å². The lowest BCUT2D eigenvalue weighted by atomic mass is 10.1. The number of carboxylic acids is 1. The Morgan fingerprint density at radius 2 is 2.05 bits per heavy atom. The predicted octanol–water partition coefficient (Wildman–Crippen LogP) is 2.85. The fraction of sp³-hybridized carbons (Fsp3) is 0.154. The number of hydrogen-bond donors (Lipinski definition) is 2. The average Bonchev–Trinajstić information content (AvgIpc) is 2.33. The Bertz CT molecular complexity index is 698. The summed E-state index contributed by atoms with van der Waals surface area (Å²) in [5, 5.41) is 12.8. The molecule has 0 radical (unpaired) electrons. The summed E-state index contributed by atoms with van der Waals surface area (Å²) < 4.78 is 0. The van der Waals surface area contributed by atoms with Crippen molar-refractivity contribution in [3.05, 3.63) is 34.5 Å². The van der Waals surface area contributed by atoms with Crippen LogP contribution in [0.4, 0.5) is 5.69 Å². The molecule has 0 atom stereocenters. The summed E-state index contributed by atoms with van der Waals surface area (Å²) in [5.41, 5.74) is 1.42. The molecule has 1 heterocycles. The highest BCUT2D eigenvalue weighted by molar-refractivity contribution is 6.32. The number of fused-ring (bicyclic) bond motifs is 1. The quantitative estimate of drug-likeness (QED) is 0.885. The topological polar surface area (TPSA) is 79.3 Å². The molecule has 0 aliphatic heterocycles. The van der Waals surface area contributed by atoms with Crippen LogP contribution in [0.2, 0.25) is 5.02 Å². The van der Waals surface area contributed by atoms with E-state index in [0.29, 0.717) is 27.2 Å². The molecular weight excluding hydrogens is 268 g/mol. The lowest BCUT2D eigenvalue weighted by molar-refractivity contribution is -0.114. The number of hydrogen-bond acceptors (Lipinski definition) is 3. The molecule has 0 saturated heterocycles. The molecule has 98 valence electrons. The van der Waals surface area contributed by atoms with Gasteiger partial charge in [-0.25, -0.2) is 9.78 Å². The largest absolute Gasteiger partial charge is 0.477 e. The van der Waals surface area contributed by atoms with Crippen molar-refractivity contribution in [2.45, 2.75) is 13.8 Å². The third-order valence-corrected chi connectivity index (χ3v) is 3.11. The van der Waals surface area contributed by atoms with Crippen molar-refractivity contribution in [2.24, 2.45) is 0 Å². The van der Waals surface area contributed by atoms with Crippen LogP contribution in [0.1, 0.15) is 23.0 Å². The Hall–Kier alpha value is -2.14. The lowest BCUT2D eigenvalue weighted by Crippen LogP contribution is -2.09. The Kier molecular flexibility index (Phi) is 3.40. The van der Waals surface area contributed by atoms with E-state index in [0.717, 1.165) is 0 Å². The minimum Gasteiger partial charge on any atom is -0.477 e. The normalized spacial score (nSPS) is 10.5. The molecule has 0 fully saturated rings. The molecule has 0 aliphatic rings. The molecule has 1 aromatic carbocycles. The number of rotatable bonds is 2. The van der Waals surface area contributed by atoms with E-state index < -0.39 is 5.97 Å². The van der Waals surface area contributed by atoms with Gasteiger partial charge in [-0.3, -0.25) is 4.79 Å². The van der Waals surface area contributed by atoms with Gasteiger partial charge >= 0.3 is 5.97 Å². The second-order valence-corrected chi connectivity index (χ2v) is 4.52. The Morgan fingerprint density at radius 3 is 2.63 bits per heavy atom. The maximum absolute atomic E-state index is 11.2. The van der Waals surface area contributed by atoms with Crippen LogP contribution < -0.4 is 5.32 Å². The number of carbonyl (C=O) groups excluding carboxylic acids is 1. The van der Waals surface area contributed by atoms with Crippen LogP contribution in [0, 0.1) is 6.92 Å². The zero-order valence-electron chi connectivity index (χ0n) is 10.3. The van der Waals surface area contributed by atoms with Gasteiger partial charge in [-0.2, -0.15) is 0 Å². The van der Waals surface area contributed by atoms with E-state index >= 15 is 0 Å². The van der Waals surface area contributed by atoms with Gasteiger partial charge in [0.25, 0.3) is 0 Å². The second kappa shape index (κ2) is 4.85. The fourth-order valence-corrected chi connectivity index (χ4v) is 1.96. The van der Waals surface area contributed by atoms with E-state index in [2.05, 4.69) is 10.3 Å². The fourth-order valence-electron chi connectivity index (χ4n) is 1.81. The molecular formula is C13H11ClN2O3. The van der Waals surface area contributed by atoms with E-state index in [1.165, 1.54) is 13.0 Å². The van der Waals surface area contributed by atoms with Gasteiger partial charge in [-0.1, -0.05) is 11.6 Å². The number of amides is 1. The highest BCUT2D eigenvalue weighted by Crippen LogP contribution is 2.29. The molecule has 19 heavy (non-hydrogen) atoms. The summed E-state index contributed by atoms with van der Waals surface area (Å²) in [6.07, 6.45) is 0. The summed E-state index contributed by atoms with van der Waals surface area (Å²) >= 11 is 6.00. The first-order chi connectivity index (χ1) is 8.90. The molecule has 0 saturated carbocycles. The number of benzene rings is 1. The van der Waals surface area contributed by atoms with Gasteiger partial charge in [-0.15, -0.1) is 0 Å². The molecule has 0 spiro atoms. The molecule has 2 aromatic rings. The number of aromatic carboxylic acids is 1. The van der Waals surface area contributed by atoms with Crippen LogP contribution in [0.25, 0.3) is 10.9 Å². The standard InChI is InChI=1S/C13H11ClN2O3/c1-6-9(14)4-3-8-10(15-7(2)17)5-11(13(18)19)16-12(6)8/h3-5H,1-2H3,(H,18,19)(H,15,16,17). The monoisotopic (exact) mass is 278 g/mol. The first-order valence-electron chi connectivity index (χ1n) is 5.51. The van der Waals surface area contributed by atoms with Crippen LogP contribution in [0.3, 0.4) is 0 Å². The van der Waals surface area contributed by atoms with Gasteiger partial charge in [0.2, 0.25) is 5.91 Å². The molecule has 5 nitrogen and oxygen atoms in total. The van der Waals surface area contributed by atoms with E-state index in [9.17, 15) is 9.59 Å². The van der Waals surface area contributed by atoms with Crippen molar-refractivity contribution >= 4 is 40.1 Å². The molecule has 6 heteroatoms. The molecule has 1 aromatic heterocycles. The Morgan fingerprint density at radius 1 is 1.37 bits per heavy atom. The van der Waals surface area contributed by atoms with Crippen molar-refractivity contribution in [2.75, 3.05) is 5.32 Å². The number of carbonyl (C=O) groups is 2. The van der Waals surface area contributed by atoms with Crippen molar-refractivity contribution in [3.63, 3.8) is 0 Å². The SMILES string of the molecule is CC(=O)Nc1cc(C(=O)O)nc2c(C)c(Cl)ccc12. The van der Waals surface area contributed by atoms with Gasteiger partial charge < -0.3 is 10.4 Å². The van der Waals surface area contributed by atoms with Gasteiger partial charge in [0.15, 0.2) is 5.69 Å². The number of nitrogens with zero attached hydrogens (tertiary/aromatic N) is 1. The summed E-state index contributed by atoms with van der Waals surface area (Å²) in [4.78, 5) is 26.3. The highest BCUT2D eigenvalue weighted by atomic mass is 35.5.